The van der Waals surface area contributed by atoms with E-state index in [-0.39, 0.29) is 44.7 Å². The predicted octanol–water partition coefficient (Wildman–Crippen LogP) is 4.27. The average molecular weight is 680 g/mol. The molecule has 8 unspecified atom stereocenters. The van der Waals surface area contributed by atoms with Gasteiger partial charge in [-0.25, -0.2) is 0 Å². The molecule has 0 bridgehead atoms. The summed E-state index contributed by atoms with van der Waals surface area (Å²) >= 11 is 0. The van der Waals surface area contributed by atoms with Gasteiger partial charge in [-0.05, 0) is 93.4 Å². The van der Waals surface area contributed by atoms with E-state index in [4.69, 9.17) is 4.74 Å². The largest absolute Gasteiger partial charge is 0.846 e. The highest BCUT2D eigenvalue weighted by atomic mass is 16.5. The molecule has 6 aliphatic carbocycles. The summed E-state index contributed by atoms with van der Waals surface area (Å²) in [5, 5.41) is 82.8. The van der Waals surface area contributed by atoms with Crippen LogP contribution in [0.25, 0.3) is 39.9 Å². The molecular formula is C43H35O8-. The number of fused-ring (bicyclic) bond motifs is 8. The maximum atomic E-state index is 14.5. The second-order valence-electron chi connectivity index (χ2n) is 14.5. The Hall–Kier alpha value is -5.12. The number of aliphatic hydroxyl groups excluding tert-OH is 6. The van der Waals surface area contributed by atoms with E-state index in [0.717, 1.165) is 35.1 Å². The van der Waals surface area contributed by atoms with Gasteiger partial charge in [-0.3, -0.25) is 0 Å². The minimum atomic E-state index is -1.90. The molecule has 1 heterocycles. The smallest absolute Gasteiger partial charge is 0.144 e. The Morgan fingerprint density at radius 3 is 2.18 bits per heavy atom. The number of ether oxygens (including phenoxy) is 1. The van der Waals surface area contributed by atoms with Crippen LogP contribution in [0.5, 0.6) is 5.75 Å². The molecule has 1 fully saturated rings. The van der Waals surface area contributed by atoms with Crippen molar-refractivity contribution in [2.75, 3.05) is 0 Å². The Kier molecular flexibility index (Phi) is 6.58. The first-order valence-corrected chi connectivity index (χ1v) is 17.6. The summed E-state index contributed by atoms with van der Waals surface area (Å²) in [5.74, 6) is -0.264. The molecule has 0 radical (unpaired) electrons. The molecule has 10 rings (SSSR count). The van der Waals surface area contributed by atoms with E-state index in [1.165, 1.54) is 11.6 Å². The van der Waals surface area contributed by atoms with E-state index in [0.29, 0.717) is 35.1 Å². The van der Waals surface area contributed by atoms with Gasteiger partial charge in [-0.2, -0.15) is 0 Å². The van der Waals surface area contributed by atoms with E-state index in [9.17, 15) is 35.7 Å². The van der Waals surface area contributed by atoms with Crippen molar-refractivity contribution in [3.63, 3.8) is 0 Å². The van der Waals surface area contributed by atoms with E-state index in [1.807, 2.05) is 60.7 Å². The molecule has 256 valence electrons. The van der Waals surface area contributed by atoms with Gasteiger partial charge in [-0.15, -0.1) is 0 Å². The lowest BCUT2D eigenvalue weighted by molar-refractivity contribution is -0.443. The third-order valence-corrected chi connectivity index (χ3v) is 11.8. The second kappa shape index (κ2) is 10.9. The molecule has 0 aromatic heterocycles. The van der Waals surface area contributed by atoms with E-state index >= 15 is 0 Å². The first kappa shape index (κ1) is 30.7. The SMILES string of the molecule is [O-]C1c2c(c(-c3cccc4c3C3C=CC5=C(C=CC6CC56)C3O4)c3c(c2C2=CCCC=C2c2ccccc2)=C(O)C(O)C(O)C=3O)C=C(O)C1O. The zero-order chi connectivity index (χ0) is 34.9. The molecule has 8 atom stereocenters. The van der Waals surface area contributed by atoms with Crippen molar-refractivity contribution < 1.29 is 40.5 Å². The van der Waals surface area contributed by atoms with Crippen LogP contribution < -0.4 is 20.3 Å². The zero-order valence-corrected chi connectivity index (χ0v) is 27.4. The van der Waals surface area contributed by atoms with Crippen LogP contribution in [0.3, 0.4) is 0 Å². The molecule has 8 heteroatoms. The fraction of sp³-hybridized carbons (Fsp3) is 0.256. The lowest BCUT2D eigenvalue weighted by Crippen LogP contribution is -2.50. The summed E-state index contributed by atoms with van der Waals surface area (Å²) in [6.45, 7) is 0. The first-order valence-electron chi connectivity index (χ1n) is 17.6. The molecular weight excluding hydrogens is 644 g/mol. The van der Waals surface area contributed by atoms with Crippen molar-refractivity contribution >= 4 is 28.7 Å². The van der Waals surface area contributed by atoms with E-state index < -0.39 is 41.7 Å². The number of hydrogen-bond donors (Lipinski definition) is 6. The normalized spacial score (nSPS) is 30.9. The van der Waals surface area contributed by atoms with Gasteiger partial charge >= 0.3 is 0 Å². The highest BCUT2D eigenvalue weighted by molar-refractivity contribution is 6.08. The molecule has 3 aromatic carbocycles. The molecule has 8 nitrogen and oxygen atoms in total. The van der Waals surface area contributed by atoms with Gasteiger partial charge in [0.15, 0.2) is 0 Å². The van der Waals surface area contributed by atoms with Crippen molar-refractivity contribution in [1.82, 2.24) is 0 Å². The standard InChI is InChI=1S/C43H35O8/c44-29-18-28-32(25-11-6-12-30-31(25)26-16-15-22-24(43(26)51-30)14-13-20-17-27(20)22)35-36(40(48)42(50)41(49)39(35)47)33(34(28)38(46)37(29)45)23-10-5-4-9-21(23)19-7-2-1-3-8-19/h1-3,6-16,18,20,26-27,37-38,41-45,47-50H,4-5,17H2/q-1. The first-order chi connectivity index (χ1) is 24.7. The van der Waals surface area contributed by atoms with Crippen LogP contribution in [-0.2, 0) is 0 Å². The Morgan fingerprint density at radius 2 is 1.41 bits per heavy atom. The Bertz CT molecular complexity index is 2390. The predicted molar refractivity (Wildman–Crippen MR) is 190 cm³/mol. The zero-order valence-electron chi connectivity index (χ0n) is 27.4. The summed E-state index contributed by atoms with van der Waals surface area (Å²) in [7, 11) is 0. The van der Waals surface area contributed by atoms with Gasteiger partial charge in [0, 0.05) is 27.5 Å². The van der Waals surface area contributed by atoms with Crippen molar-refractivity contribution in [1.29, 1.82) is 0 Å². The minimum Gasteiger partial charge on any atom is -0.846 e. The number of rotatable bonds is 3. The number of allylic oxidation sites excluding steroid dienone is 7. The van der Waals surface area contributed by atoms with Crippen molar-refractivity contribution in [3.05, 3.63) is 140 Å². The van der Waals surface area contributed by atoms with Crippen LogP contribution >= 0.6 is 0 Å². The number of benzene rings is 3. The molecule has 0 amide bonds. The highest BCUT2D eigenvalue weighted by Gasteiger charge is 2.47. The van der Waals surface area contributed by atoms with Gasteiger partial charge in [0.05, 0.1) is 0 Å². The maximum absolute atomic E-state index is 14.5. The molecule has 3 aromatic rings. The van der Waals surface area contributed by atoms with Gasteiger partial charge in [0.25, 0.3) is 0 Å². The monoisotopic (exact) mass is 679 g/mol. The Labute approximate surface area is 293 Å². The van der Waals surface area contributed by atoms with Gasteiger partial charge in [-0.1, -0.05) is 85.0 Å². The van der Waals surface area contributed by atoms with Crippen LogP contribution in [-0.4, -0.2) is 55.1 Å². The van der Waals surface area contributed by atoms with Crippen LogP contribution in [0, 0.1) is 11.8 Å². The van der Waals surface area contributed by atoms with Gasteiger partial charge in [0.2, 0.25) is 0 Å². The average Bonchev–Trinajstić information content (AvgIpc) is 3.86. The van der Waals surface area contributed by atoms with Crippen LogP contribution in [0.15, 0.2) is 102 Å². The van der Waals surface area contributed by atoms with Gasteiger partial charge < -0.3 is 40.5 Å². The summed E-state index contributed by atoms with van der Waals surface area (Å²) in [6.07, 6.45) is 8.80. The summed E-state index contributed by atoms with van der Waals surface area (Å²) in [4.78, 5) is 0. The van der Waals surface area contributed by atoms with Crippen LogP contribution in [0.2, 0.25) is 0 Å². The topological polar surface area (TPSA) is 154 Å². The van der Waals surface area contributed by atoms with Crippen LogP contribution in [0.1, 0.15) is 59.1 Å². The molecule has 51 heavy (non-hydrogen) atoms. The molecule has 0 spiro atoms. The van der Waals surface area contributed by atoms with Crippen LogP contribution in [0.4, 0.5) is 0 Å². The third-order valence-electron chi connectivity index (χ3n) is 11.8. The molecule has 6 N–H and O–H groups in total. The Balaban J connectivity index is 1.31. The lowest BCUT2D eigenvalue weighted by atomic mass is 9.73. The fourth-order valence-corrected chi connectivity index (χ4v) is 9.28. The fourth-order valence-electron chi connectivity index (χ4n) is 9.28. The van der Waals surface area contributed by atoms with E-state index in [2.05, 4.69) is 24.3 Å². The number of hydrogen-bond acceptors (Lipinski definition) is 8. The van der Waals surface area contributed by atoms with Crippen molar-refractivity contribution in [2.24, 2.45) is 11.8 Å². The summed E-state index contributed by atoms with van der Waals surface area (Å²) in [6, 6.07) is 15.1. The minimum absolute atomic E-state index is 0.00380. The second-order valence-corrected chi connectivity index (χ2v) is 14.5. The highest BCUT2D eigenvalue weighted by Crippen LogP contribution is 2.56. The quantitative estimate of drug-likeness (QED) is 0.240. The molecule has 1 saturated carbocycles. The summed E-state index contributed by atoms with van der Waals surface area (Å²) in [5.41, 5.74) is 6.89. The number of aliphatic hydroxyl groups is 6. The van der Waals surface area contributed by atoms with E-state index in [1.54, 1.807) is 0 Å². The summed E-state index contributed by atoms with van der Waals surface area (Å²) < 4.78 is 6.67. The molecule has 7 aliphatic rings. The van der Waals surface area contributed by atoms with Crippen molar-refractivity contribution in [3.8, 4) is 16.9 Å². The lowest BCUT2D eigenvalue weighted by Gasteiger charge is -2.38. The third kappa shape index (κ3) is 4.22. The van der Waals surface area contributed by atoms with Crippen molar-refractivity contribution in [2.45, 2.75) is 55.7 Å². The van der Waals surface area contributed by atoms with Gasteiger partial charge in [0.1, 0.15) is 47.4 Å². The molecule has 1 aliphatic heterocycles. The Morgan fingerprint density at radius 1 is 0.706 bits per heavy atom. The molecule has 0 saturated heterocycles. The maximum Gasteiger partial charge on any atom is 0.144 e.